The Labute approximate surface area is 83.3 Å². The predicted octanol–water partition coefficient (Wildman–Crippen LogP) is 2.14. The van der Waals surface area contributed by atoms with Crippen molar-refractivity contribution in [2.75, 3.05) is 0 Å². The smallest absolute Gasteiger partial charge is 0.181 e. The van der Waals surface area contributed by atoms with Crippen LogP contribution in [0.2, 0.25) is 0 Å². The summed E-state index contributed by atoms with van der Waals surface area (Å²) in [5.41, 5.74) is 1.40. The molecule has 0 saturated heterocycles. The van der Waals surface area contributed by atoms with Crippen LogP contribution in [0.1, 0.15) is 13.8 Å². The molecule has 0 spiro atoms. The Kier molecular flexibility index (Phi) is 3.35. The number of ketones is 2. The van der Waals surface area contributed by atoms with Gasteiger partial charge in [0.25, 0.3) is 0 Å². The maximum absolute atomic E-state index is 11.3. The molecule has 1 aliphatic rings. The second-order valence-electron chi connectivity index (χ2n) is 3.20. The summed E-state index contributed by atoms with van der Waals surface area (Å²) < 4.78 is 0. The van der Waals surface area contributed by atoms with Crippen LogP contribution in [0, 0.1) is 0 Å². The van der Waals surface area contributed by atoms with E-state index in [9.17, 15) is 9.59 Å². The molecule has 0 aliphatic heterocycles. The Morgan fingerprint density at radius 3 is 2.43 bits per heavy atom. The SMILES string of the molecule is CC1=C/C=C/C(=O)/C(C)=C\C(=O)C=C1. The Bertz CT molecular complexity index is 379. The van der Waals surface area contributed by atoms with Gasteiger partial charge in [0.15, 0.2) is 11.6 Å². The van der Waals surface area contributed by atoms with Gasteiger partial charge in [0.05, 0.1) is 0 Å². The van der Waals surface area contributed by atoms with Crippen LogP contribution in [0.5, 0.6) is 0 Å². The maximum Gasteiger partial charge on any atom is 0.181 e. The van der Waals surface area contributed by atoms with Crippen LogP contribution < -0.4 is 0 Å². The van der Waals surface area contributed by atoms with E-state index in [1.54, 1.807) is 25.2 Å². The summed E-state index contributed by atoms with van der Waals surface area (Å²) in [5.74, 6) is -0.281. The zero-order chi connectivity index (χ0) is 10.6. The van der Waals surface area contributed by atoms with Gasteiger partial charge in [-0.15, -0.1) is 0 Å². The summed E-state index contributed by atoms with van der Waals surface area (Å²) in [6.45, 7) is 3.51. The molecule has 2 nitrogen and oxygen atoms in total. The molecular formula is C12H12O2. The highest BCUT2D eigenvalue weighted by atomic mass is 16.1. The summed E-state index contributed by atoms with van der Waals surface area (Å²) >= 11 is 0. The monoisotopic (exact) mass is 188 g/mol. The lowest BCUT2D eigenvalue weighted by atomic mass is 10.1. The molecule has 1 rings (SSSR count). The van der Waals surface area contributed by atoms with Crippen molar-refractivity contribution >= 4 is 11.6 Å². The minimum absolute atomic E-state index is 0.127. The fourth-order valence-electron chi connectivity index (χ4n) is 1.02. The molecule has 72 valence electrons. The first-order chi connectivity index (χ1) is 6.59. The Morgan fingerprint density at radius 1 is 1.00 bits per heavy atom. The zero-order valence-electron chi connectivity index (χ0n) is 8.28. The van der Waals surface area contributed by atoms with Crippen LogP contribution in [-0.4, -0.2) is 11.6 Å². The largest absolute Gasteiger partial charge is 0.290 e. The van der Waals surface area contributed by atoms with E-state index in [0.29, 0.717) is 5.57 Å². The molecule has 0 fully saturated rings. The standard InChI is InChI=1S/C12H12O2/c1-9-4-3-5-12(14)10(2)8-11(13)7-6-9/h3-8H,1-2H3/b5-3+,7-6?,9-4?,10-8-. The molecular weight excluding hydrogens is 176 g/mol. The van der Waals surface area contributed by atoms with Gasteiger partial charge in [-0.1, -0.05) is 23.8 Å². The van der Waals surface area contributed by atoms with Crippen molar-refractivity contribution in [2.24, 2.45) is 0 Å². The van der Waals surface area contributed by atoms with Gasteiger partial charge in [0, 0.05) is 5.57 Å². The van der Waals surface area contributed by atoms with Gasteiger partial charge < -0.3 is 0 Å². The average molecular weight is 188 g/mol. The molecule has 0 aromatic heterocycles. The topological polar surface area (TPSA) is 34.1 Å². The first-order valence-electron chi connectivity index (χ1n) is 4.39. The predicted molar refractivity (Wildman–Crippen MR) is 55.8 cm³/mol. The van der Waals surface area contributed by atoms with Crippen LogP contribution >= 0.6 is 0 Å². The first kappa shape index (κ1) is 10.4. The highest BCUT2D eigenvalue weighted by Crippen LogP contribution is 2.03. The molecule has 0 amide bonds. The molecule has 1 aliphatic carbocycles. The zero-order valence-corrected chi connectivity index (χ0v) is 8.28. The van der Waals surface area contributed by atoms with Crippen molar-refractivity contribution < 1.29 is 9.59 Å². The molecule has 0 saturated carbocycles. The molecule has 0 aromatic rings. The Balaban J connectivity index is 3.07. The van der Waals surface area contributed by atoms with Gasteiger partial charge in [-0.05, 0) is 32.1 Å². The normalized spacial score (nSPS) is 23.9. The van der Waals surface area contributed by atoms with E-state index < -0.39 is 0 Å². The summed E-state index contributed by atoms with van der Waals surface area (Å²) in [7, 11) is 0. The molecule has 0 atom stereocenters. The number of rotatable bonds is 0. The van der Waals surface area contributed by atoms with E-state index in [4.69, 9.17) is 0 Å². The lowest BCUT2D eigenvalue weighted by molar-refractivity contribution is -0.113. The fraction of sp³-hybridized carbons (Fsp3) is 0.167. The molecule has 0 heterocycles. The van der Waals surface area contributed by atoms with Gasteiger partial charge in [-0.3, -0.25) is 9.59 Å². The Hall–Kier alpha value is -1.70. The summed E-state index contributed by atoms with van der Waals surface area (Å²) in [6.07, 6.45) is 9.48. The van der Waals surface area contributed by atoms with Gasteiger partial charge in [-0.25, -0.2) is 0 Å². The van der Waals surface area contributed by atoms with Gasteiger partial charge in [0.2, 0.25) is 0 Å². The van der Waals surface area contributed by atoms with E-state index in [1.165, 1.54) is 18.2 Å². The van der Waals surface area contributed by atoms with E-state index >= 15 is 0 Å². The van der Waals surface area contributed by atoms with Gasteiger partial charge in [-0.2, -0.15) is 0 Å². The second-order valence-corrected chi connectivity index (χ2v) is 3.20. The van der Waals surface area contributed by atoms with E-state index in [1.807, 2.05) is 6.92 Å². The van der Waals surface area contributed by atoms with E-state index in [0.717, 1.165) is 5.57 Å². The third-order valence-electron chi connectivity index (χ3n) is 1.86. The first-order valence-corrected chi connectivity index (χ1v) is 4.39. The van der Waals surface area contributed by atoms with Crippen LogP contribution in [0.3, 0.4) is 0 Å². The van der Waals surface area contributed by atoms with Crippen molar-refractivity contribution in [1.82, 2.24) is 0 Å². The Morgan fingerprint density at radius 2 is 1.71 bits per heavy atom. The molecule has 0 aromatic carbocycles. The van der Waals surface area contributed by atoms with E-state index in [-0.39, 0.29) is 11.6 Å². The molecule has 0 unspecified atom stereocenters. The van der Waals surface area contributed by atoms with Gasteiger partial charge in [0.1, 0.15) is 0 Å². The number of allylic oxidation sites excluding steroid dienone is 8. The second kappa shape index (κ2) is 4.51. The highest BCUT2D eigenvalue weighted by molar-refractivity contribution is 6.10. The summed E-state index contributed by atoms with van der Waals surface area (Å²) in [5, 5.41) is 0. The van der Waals surface area contributed by atoms with Crippen LogP contribution in [0.4, 0.5) is 0 Å². The average Bonchev–Trinajstić information content (AvgIpc) is 2.13. The fourth-order valence-corrected chi connectivity index (χ4v) is 1.02. The molecule has 2 heteroatoms. The van der Waals surface area contributed by atoms with Crippen molar-refractivity contribution in [3.63, 3.8) is 0 Å². The number of carbonyl (C=O) groups is 2. The van der Waals surface area contributed by atoms with Crippen molar-refractivity contribution in [1.29, 1.82) is 0 Å². The van der Waals surface area contributed by atoms with Crippen LogP contribution in [0.25, 0.3) is 0 Å². The lowest BCUT2D eigenvalue weighted by Gasteiger charge is -1.95. The number of carbonyl (C=O) groups excluding carboxylic acids is 2. The van der Waals surface area contributed by atoms with Gasteiger partial charge >= 0.3 is 0 Å². The number of hydrogen-bond acceptors (Lipinski definition) is 2. The minimum Gasteiger partial charge on any atom is -0.290 e. The van der Waals surface area contributed by atoms with Crippen molar-refractivity contribution in [3.05, 3.63) is 47.6 Å². The third kappa shape index (κ3) is 2.98. The molecule has 14 heavy (non-hydrogen) atoms. The summed E-state index contributed by atoms with van der Waals surface area (Å²) in [4.78, 5) is 22.6. The van der Waals surface area contributed by atoms with Crippen LogP contribution in [0.15, 0.2) is 47.6 Å². The third-order valence-corrected chi connectivity index (χ3v) is 1.86. The quantitative estimate of drug-likeness (QED) is 0.583. The molecule has 0 radical (unpaired) electrons. The number of hydrogen-bond donors (Lipinski definition) is 0. The molecule has 0 bridgehead atoms. The maximum atomic E-state index is 11.3. The van der Waals surface area contributed by atoms with Crippen molar-refractivity contribution in [2.45, 2.75) is 13.8 Å². The van der Waals surface area contributed by atoms with Crippen LogP contribution in [-0.2, 0) is 9.59 Å². The lowest BCUT2D eigenvalue weighted by Crippen LogP contribution is -1.98. The highest BCUT2D eigenvalue weighted by Gasteiger charge is 2.02. The molecule has 0 N–H and O–H groups in total. The minimum atomic E-state index is -0.154. The van der Waals surface area contributed by atoms with E-state index in [2.05, 4.69) is 0 Å². The van der Waals surface area contributed by atoms with Crippen molar-refractivity contribution in [3.8, 4) is 0 Å². The summed E-state index contributed by atoms with van der Waals surface area (Å²) in [6, 6.07) is 0.